The predicted octanol–water partition coefficient (Wildman–Crippen LogP) is 3.72. The van der Waals surface area contributed by atoms with Crippen molar-refractivity contribution in [2.24, 2.45) is 5.92 Å². The summed E-state index contributed by atoms with van der Waals surface area (Å²) in [5.74, 6) is 0.748. The van der Waals surface area contributed by atoms with Crippen molar-refractivity contribution in [2.45, 2.75) is 12.8 Å². The molecule has 0 bridgehead atoms. The zero-order valence-corrected chi connectivity index (χ0v) is 13.7. The van der Waals surface area contributed by atoms with Crippen molar-refractivity contribution in [1.29, 1.82) is 0 Å². The van der Waals surface area contributed by atoms with E-state index in [1.165, 1.54) is 18.2 Å². The van der Waals surface area contributed by atoms with Crippen molar-refractivity contribution >= 4 is 28.0 Å². The van der Waals surface area contributed by atoms with Gasteiger partial charge in [0, 0.05) is 23.9 Å². The molecule has 0 spiro atoms. The highest BCUT2D eigenvalue weighted by Gasteiger charge is 2.12. The van der Waals surface area contributed by atoms with Crippen molar-refractivity contribution in [3.63, 3.8) is 0 Å². The third-order valence-electron chi connectivity index (χ3n) is 4.64. The number of hydrogen-bond donors (Lipinski definition) is 4. The number of H-pyrrole nitrogens is 1. The Balaban J connectivity index is 1.41. The van der Waals surface area contributed by atoms with Crippen molar-refractivity contribution in [3.8, 4) is 0 Å². The van der Waals surface area contributed by atoms with Crippen LogP contribution in [0.25, 0.3) is 10.9 Å². The lowest BCUT2D eigenvalue weighted by Gasteiger charge is -2.23. The van der Waals surface area contributed by atoms with Gasteiger partial charge in [0.1, 0.15) is 0 Å². The van der Waals surface area contributed by atoms with Crippen LogP contribution in [0.15, 0.2) is 48.9 Å². The Morgan fingerprint density at radius 2 is 1.88 bits per heavy atom. The molecule has 1 saturated heterocycles. The molecule has 0 saturated carbocycles. The fourth-order valence-electron chi connectivity index (χ4n) is 3.25. The number of anilines is 3. The van der Waals surface area contributed by atoms with Gasteiger partial charge in [0.05, 0.1) is 23.8 Å². The lowest BCUT2D eigenvalue weighted by Crippen LogP contribution is -2.31. The maximum absolute atomic E-state index is 4.35. The first kappa shape index (κ1) is 15.0. The second kappa shape index (κ2) is 6.93. The van der Waals surface area contributed by atoms with Gasteiger partial charge in [-0.3, -0.25) is 4.98 Å². The molecule has 0 atom stereocenters. The molecule has 0 aliphatic carbocycles. The fraction of sp³-hybridized carbons (Fsp3) is 0.316. The first-order valence-electron chi connectivity index (χ1n) is 8.61. The van der Waals surface area contributed by atoms with Crippen LogP contribution in [-0.2, 0) is 0 Å². The third-order valence-corrected chi connectivity index (χ3v) is 4.64. The Bertz CT molecular complexity index is 804. The zero-order chi connectivity index (χ0) is 16.2. The molecule has 0 radical (unpaired) electrons. The average molecular weight is 321 g/mol. The number of aromatic nitrogens is 2. The predicted molar refractivity (Wildman–Crippen MR) is 99.9 cm³/mol. The lowest BCUT2D eigenvalue weighted by molar-refractivity contribution is 0.390. The second-order valence-corrected chi connectivity index (χ2v) is 6.44. The van der Waals surface area contributed by atoms with Crippen molar-refractivity contribution in [3.05, 3.63) is 48.9 Å². The number of piperidine rings is 1. The fourth-order valence-corrected chi connectivity index (χ4v) is 3.25. The van der Waals surface area contributed by atoms with Gasteiger partial charge in [0.15, 0.2) is 0 Å². The van der Waals surface area contributed by atoms with Gasteiger partial charge in [-0.25, -0.2) is 0 Å². The van der Waals surface area contributed by atoms with E-state index in [9.17, 15) is 0 Å². The summed E-state index contributed by atoms with van der Waals surface area (Å²) in [6, 6.07) is 10.5. The minimum absolute atomic E-state index is 0.748. The molecular weight excluding hydrogens is 298 g/mol. The maximum Gasteiger partial charge on any atom is 0.0591 e. The number of aromatic amines is 1. The Morgan fingerprint density at radius 1 is 1.00 bits per heavy atom. The van der Waals surface area contributed by atoms with Crippen molar-refractivity contribution in [2.75, 3.05) is 30.3 Å². The van der Waals surface area contributed by atoms with Crippen LogP contribution in [0.5, 0.6) is 0 Å². The van der Waals surface area contributed by atoms with Crippen LogP contribution in [0.3, 0.4) is 0 Å². The molecule has 1 fully saturated rings. The molecule has 5 heteroatoms. The van der Waals surface area contributed by atoms with Crippen LogP contribution >= 0.6 is 0 Å². The SMILES string of the molecule is c1cc2ccc(Nc3cncc(NCC4CCNCC4)c3)cc2[nH]1. The van der Waals surface area contributed by atoms with Gasteiger partial charge >= 0.3 is 0 Å². The Morgan fingerprint density at radius 3 is 2.79 bits per heavy atom. The summed E-state index contributed by atoms with van der Waals surface area (Å²) in [7, 11) is 0. The largest absolute Gasteiger partial charge is 0.383 e. The molecule has 4 rings (SSSR count). The summed E-state index contributed by atoms with van der Waals surface area (Å²) in [5.41, 5.74) is 4.26. The number of fused-ring (bicyclic) bond motifs is 1. The molecule has 1 aliphatic heterocycles. The minimum Gasteiger partial charge on any atom is -0.383 e. The molecule has 4 N–H and O–H groups in total. The van der Waals surface area contributed by atoms with E-state index in [1.54, 1.807) is 0 Å². The highest BCUT2D eigenvalue weighted by Crippen LogP contribution is 2.23. The number of rotatable bonds is 5. The number of hydrogen-bond acceptors (Lipinski definition) is 4. The van der Waals surface area contributed by atoms with E-state index in [1.807, 2.05) is 18.6 Å². The van der Waals surface area contributed by atoms with Gasteiger partial charge in [0.2, 0.25) is 0 Å². The minimum atomic E-state index is 0.748. The molecule has 124 valence electrons. The summed E-state index contributed by atoms with van der Waals surface area (Å²) >= 11 is 0. The molecule has 24 heavy (non-hydrogen) atoms. The van der Waals surface area contributed by atoms with E-state index in [0.29, 0.717) is 0 Å². The van der Waals surface area contributed by atoms with Crippen LogP contribution < -0.4 is 16.0 Å². The van der Waals surface area contributed by atoms with Crippen molar-refractivity contribution < 1.29 is 0 Å². The van der Waals surface area contributed by atoms with Gasteiger partial charge in [-0.2, -0.15) is 0 Å². The quantitative estimate of drug-likeness (QED) is 0.578. The van der Waals surface area contributed by atoms with Gasteiger partial charge in [0.25, 0.3) is 0 Å². The Labute approximate surface area is 141 Å². The summed E-state index contributed by atoms with van der Waals surface area (Å²) in [6.07, 6.45) is 8.19. The molecule has 3 heterocycles. The van der Waals surface area contributed by atoms with E-state index in [2.05, 4.69) is 56.3 Å². The van der Waals surface area contributed by atoms with Crippen LogP contribution in [0.4, 0.5) is 17.1 Å². The summed E-state index contributed by atoms with van der Waals surface area (Å²) in [5, 5.41) is 11.6. The summed E-state index contributed by atoms with van der Waals surface area (Å²) in [6.45, 7) is 3.28. The van der Waals surface area contributed by atoms with E-state index in [4.69, 9.17) is 0 Å². The number of nitrogens with zero attached hydrogens (tertiary/aromatic N) is 1. The number of benzene rings is 1. The van der Waals surface area contributed by atoms with E-state index < -0.39 is 0 Å². The molecule has 0 amide bonds. The van der Waals surface area contributed by atoms with Gasteiger partial charge in [-0.05, 0) is 61.5 Å². The van der Waals surface area contributed by atoms with Crippen LogP contribution in [-0.4, -0.2) is 29.6 Å². The molecule has 1 aliphatic rings. The molecule has 0 unspecified atom stereocenters. The number of nitrogens with one attached hydrogen (secondary N) is 4. The van der Waals surface area contributed by atoms with Gasteiger partial charge < -0.3 is 20.9 Å². The van der Waals surface area contributed by atoms with Gasteiger partial charge in [-0.1, -0.05) is 6.07 Å². The average Bonchev–Trinajstić information content (AvgIpc) is 3.09. The summed E-state index contributed by atoms with van der Waals surface area (Å²) < 4.78 is 0. The third kappa shape index (κ3) is 3.51. The van der Waals surface area contributed by atoms with Crippen molar-refractivity contribution in [1.82, 2.24) is 15.3 Å². The monoisotopic (exact) mass is 321 g/mol. The molecular formula is C19H23N5. The lowest BCUT2D eigenvalue weighted by atomic mass is 9.98. The highest BCUT2D eigenvalue weighted by atomic mass is 14.9. The van der Waals surface area contributed by atoms with Crippen LogP contribution in [0.2, 0.25) is 0 Å². The first-order valence-corrected chi connectivity index (χ1v) is 8.61. The zero-order valence-electron chi connectivity index (χ0n) is 13.7. The first-order chi connectivity index (χ1) is 11.9. The summed E-state index contributed by atoms with van der Waals surface area (Å²) in [4.78, 5) is 7.59. The van der Waals surface area contributed by atoms with E-state index >= 15 is 0 Å². The molecule has 1 aromatic carbocycles. The number of pyridine rings is 1. The topological polar surface area (TPSA) is 64.8 Å². The maximum atomic E-state index is 4.35. The van der Waals surface area contributed by atoms with Crippen LogP contribution in [0.1, 0.15) is 12.8 Å². The molecule has 2 aromatic heterocycles. The molecule has 5 nitrogen and oxygen atoms in total. The Kier molecular flexibility index (Phi) is 4.34. The smallest absolute Gasteiger partial charge is 0.0591 e. The Hall–Kier alpha value is -2.53. The second-order valence-electron chi connectivity index (χ2n) is 6.44. The molecule has 3 aromatic rings. The van der Waals surface area contributed by atoms with E-state index in [0.717, 1.165) is 48.1 Å². The van der Waals surface area contributed by atoms with E-state index in [-0.39, 0.29) is 0 Å². The normalized spacial score (nSPS) is 15.5. The van der Waals surface area contributed by atoms with Gasteiger partial charge in [-0.15, -0.1) is 0 Å². The van der Waals surface area contributed by atoms with Crippen LogP contribution in [0, 0.1) is 5.92 Å². The highest BCUT2D eigenvalue weighted by molar-refractivity contribution is 5.83. The standard InChI is InChI=1S/C19H23N5/c1-2-16(10-19-15(1)5-8-22-19)24-18-9-17(12-21-13-18)23-11-14-3-6-20-7-4-14/h1-2,5,8-10,12-14,20,22-24H,3-4,6-7,11H2.